The number of nitrogens with one attached hydrogen (secondary N) is 3. The van der Waals surface area contributed by atoms with Crippen LogP contribution in [0.1, 0.15) is 22.0 Å². The summed E-state index contributed by atoms with van der Waals surface area (Å²) in [4.78, 5) is 29.1. The SMILES string of the molecule is O=C(NC1COc2ccc(Br)cc2NC1=O)c1n[nH]c(Cc2ccccc2)n1. The summed E-state index contributed by atoms with van der Waals surface area (Å²) >= 11 is 3.35. The Hall–Kier alpha value is -3.20. The van der Waals surface area contributed by atoms with E-state index in [1.165, 1.54) is 0 Å². The maximum Gasteiger partial charge on any atom is 0.291 e. The minimum absolute atomic E-state index is 0.00744. The summed E-state index contributed by atoms with van der Waals surface area (Å²) < 4.78 is 6.45. The lowest BCUT2D eigenvalue weighted by Gasteiger charge is -2.13. The summed E-state index contributed by atoms with van der Waals surface area (Å²) in [6.07, 6.45) is 0.526. The van der Waals surface area contributed by atoms with E-state index < -0.39 is 11.9 Å². The Morgan fingerprint density at radius 2 is 2.07 bits per heavy atom. The highest BCUT2D eigenvalue weighted by atomic mass is 79.9. The predicted molar refractivity (Wildman–Crippen MR) is 105 cm³/mol. The molecule has 1 aliphatic heterocycles. The van der Waals surface area contributed by atoms with Gasteiger partial charge in [-0.15, -0.1) is 5.10 Å². The molecule has 0 radical (unpaired) electrons. The molecule has 4 rings (SSSR count). The third-order valence-electron chi connectivity index (χ3n) is 4.18. The summed E-state index contributed by atoms with van der Waals surface area (Å²) in [5.41, 5.74) is 1.59. The lowest BCUT2D eigenvalue weighted by atomic mass is 10.1. The van der Waals surface area contributed by atoms with Crippen LogP contribution in [0, 0.1) is 0 Å². The molecule has 28 heavy (non-hydrogen) atoms. The molecule has 3 N–H and O–H groups in total. The Morgan fingerprint density at radius 3 is 2.89 bits per heavy atom. The molecule has 3 aromatic rings. The molecule has 2 amide bonds. The van der Waals surface area contributed by atoms with Crippen LogP contribution >= 0.6 is 15.9 Å². The normalized spacial score (nSPS) is 15.8. The van der Waals surface area contributed by atoms with Crippen LogP contribution in [0.2, 0.25) is 0 Å². The molecule has 1 unspecified atom stereocenters. The van der Waals surface area contributed by atoms with Gasteiger partial charge in [-0.25, -0.2) is 4.98 Å². The van der Waals surface area contributed by atoms with Crippen LogP contribution in [0.4, 0.5) is 5.69 Å². The van der Waals surface area contributed by atoms with Crippen LogP contribution in [-0.4, -0.2) is 39.6 Å². The molecule has 0 saturated heterocycles. The van der Waals surface area contributed by atoms with E-state index in [9.17, 15) is 9.59 Å². The van der Waals surface area contributed by atoms with E-state index in [1.807, 2.05) is 36.4 Å². The average Bonchev–Trinajstić information content (AvgIpc) is 3.09. The predicted octanol–water partition coefficient (Wildman–Crippen LogP) is 2.29. The van der Waals surface area contributed by atoms with Crippen molar-refractivity contribution in [2.45, 2.75) is 12.5 Å². The summed E-state index contributed by atoms with van der Waals surface area (Å²) in [5.74, 6) is 0.159. The lowest BCUT2D eigenvalue weighted by Crippen LogP contribution is -2.46. The highest BCUT2D eigenvalue weighted by Gasteiger charge is 2.28. The number of halogens is 1. The monoisotopic (exact) mass is 441 g/mol. The topological polar surface area (TPSA) is 109 Å². The maximum absolute atomic E-state index is 12.5. The zero-order valence-corrected chi connectivity index (χ0v) is 16.2. The van der Waals surface area contributed by atoms with E-state index in [0.717, 1.165) is 10.0 Å². The first-order valence-electron chi connectivity index (χ1n) is 8.58. The molecular weight excluding hydrogens is 426 g/mol. The second-order valence-electron chi connectivity index (χ2n) is 6.23. The quantitative estimate of drug-likeness (QED) is 0.575. The van der Waals surface area contributed by atoms with Gasteiger partial charge >= 0.3 is 0 Å². The Morgan fingerprint density at radius 1 is 1.25 bits per heavy atom. The number of carbonyl (C=O) groups excluding carboxylic acids is 2. The third-order valence-corrected chi connectivity index (χ3v) is 4.67. The van der Waals surface area contributed by atoms with Crippen molar-refractivity contribution in [2.24, 2.45) is 0 Å². The molecule has 9 heteroatoms. The van der Waals surface area contributed by atoms with E-state index in [1.54, 1.807) is 12.1 Å². The van der Waals surface area contributed by atoms with E-state index in [2.05, 4.69) is 41.7 Å². The molecule has 1 aromatic heterocycles. The Kier molecular flexibility index (Phi) is 5.07. The van der Waals surface area contributed by atoms with Gasteiger partial charge in [0.2, 0.25) is 5.82 Å². The van der Waals surface area contributed by atoms with Crippen LogP contribution in [0.15, 0.2) is 53.0 Å². The zero-order valence-electron chi connectivity index (χ0n) is 14.6. The minimum atomic E-state index is -0.866. The minimum Gasteiger partial charge on any atom is -0.489 e. The molecule has 8 nitrogen and oxygen atoms in total. The molecule has 1 aliphatic rings. The average molecular weight is 442 g/mol. The third kappa shape index (κ3) is 4.04. The van der Waals surface area contributed by atoms with Gasteiger partial charge in [-0.05, 0) is 23.8 Å². The van der Waals surface area contributed by atoms with Crippen molar-refractivity contribution in [3.05, 3.63) is 70.2 Å². The van der Waals surface area contributed by atoms with Crippen LogP contribution in [0.5, 0.6) is 5.75 Å². The molecular formula is C19H16BrN5O3. The Balaban J connectivity index is 1.42. The number of fused-ring (bicyclic) bond motifs is 1. The van der Waals surface area contributed by atoms with Gasteiger partial charge in [-0.1, -0.05) is 46.3 Å². The summed E-state index contributed by atoms with van der Waals surface area (Å²) in [6.45, 7) is 0.00744. The molecule has 142 valence electrons. The van der Waals surface area contributed by atoms with E-state index in [0.29, 0.717) is 23.7 Å². The van der Waals surface area contributed by atoms with Gasteiger partial charge in [0.05, 0.1) is 5.69 Å². The van der Waals surface area contributed by atoms with E-state index in [-0.39, 0.29) is 18.3 Å². The number of anilines is 1. The van der Waals surface area contributed by atoms with Crippen molar-refractivity contribution in [3.63, 3.8) is 0 Å². The molecule has 0 bridgehead atoms. The van der Waals surface area contributed by atoms with Crippen LogP contribution in [0.25, 0.3) is 0 Å². The van der Waals surface area contributed by atoms with Gasteiger partial charge in [0.15, 0.2) is 0 Å². The van der Waals surface area contributed by atoms with Gasteiger partial charge in [-0.2, -0.15) is 0 Å². The van der Waals surface area contributed by atoms with Gasteiger partial charge in [-0.3, -0.25) is 14.7 Å². The fourth-order valence-corrected chi connectivity index (χ4v) is 3.15. The number of hydrogen-bond donors (Lipinski definition) is 3. The Bertz CT molecular complexity index is 1020. The van der Waals surface area contributed by atoms with Gasteiger partial charge in [0, 0.05) is 10.9 Å². The van der Waals surface area contributed by atoms with Crippen molar-refractivity contribution in [1.82, 2.24) is 20.5 Å². The number of rotatable bonds is 4. The van der Waals surface area contributed by atoms with Gasteiger partial charge < -0.3 is 15.4 Å². The maximum atomic E-state index is 12.5. The van der Waals surface area contributed by atoms with Crippen LogP contribution in [0.3, 0.4) is 0 Å². The summed E-state index contributed by atoms with van der Waals surface area (Å²) in [5, 5.41) is 12.1. The zero-order chi connectivity index (χ0) is 19.5. The van der Waals surface area contributed by atoms with Gasteiger partial charge in [0.25, 0.3) is 11.8 Å². The van der Waals surface area contributed by atoms with E-state index in [4.69, 9.17) is 4.74 Å². The second-order valence-corrected chi connectivity index (χ2v) is 7.15. The molecule has 0 aliphatic carbocycles. The number of carbonyl (C=O) groups is 2. The fraction of sp³-hybridized carbons (Fsp3) is 0.158. The number of H-pyrrole nitrogens is 1. The largest absolute Gasteiger partial charge is 0.489 e. The molecule has 2 aromatic carbocycles. The number of aromatic amines is 1. The number of hydrogen-bond acceptors (Lipinski definition) is 5. The molecule has 1 atom stereocenters. The van der Waals surface area contributed by atoms with Crippen LogP contribution < -0.4 is 15.4 Å². The molecule has 0 fully saturated rings. The highest BCUT2D eigenvalue weighted by molar-refractivity contribution is 9.10. The Labute approximate surface area is 168 Å². The van der Waals surface area contributed by atoms with Crippen molar-refractivity contribution >= 4 is 33.4 Å². The number of ether oxygens (including phenoxy) is 1. The molecule has 0 saturated carbocycles. The standard InChI is InChI=1S/C19H16BrN5O3/c20-12-6-7-15-13(9-12)21-18(26)14(10-28-15)22-19(27)17-23-16(24-25-17)8-11-4-2-1-3-5-11/h1-7,9,14H,8,10H2,(H,21,26)(H,22,27)(H,23,24,25). The summed E-state index contributed by atoms with van der Waals surface area (Å²) in [6, 6.07) is 14.1. The van der Waals surface area contributed by atoms with Crippen LogP contribution in [-0.2, 0) is 11.2 Å². The number of nitrogens with zero attached hydrogens (tertiary/aromatic N) is 2. The smallest absolute Gasteiger partial charge is 0.291 e. The van der Waals surface area contributed by atoms with Crippen molar-refractivity contribution < 1.29 is 14.3 Å². The fourth-order valence-electron chi connectivity index (χ4n) is 2.79. The van der Waals surface area contributed by atoms with E-state index >= 15 is 0 Å². The van der Waals surface area contributed by atoms with Gasteiger partial charge in [0.1, 0.15) is 24.2 Å². The number of aromatic nitrogens is 3. The van der Waals surface area contributed by atoms with Crippen molar-refractivity contribution in [1.29, 1.82) is 0 Å². The highest BCUT2D eigenvalue weighted by Crippen LogP contribution is 2.30. The number of benzene rings is 2. The molecule has 2 heterocycles. The first kappa shape index (κ1) is 18.2. The number of amides is 2. The second kappa shape index (κ2) is 7.81. The first-order chi connectivity index (χ1) is 13.6. The first-order valence-corrected chi connectivity index (χ1v) is 9.37. The lowest BCUT2D eigenvalue weighted by molar-refractivity contribution is -0.118. The molecule has 0 spiro atoms. The van der Waals surface area contributed by atoms with Crippen molar-refractivity contribution in [2.75, 3.05) is 11.9 Å². The summed E-state index contributed by atoms with van der Waals surface area (Å²) in [7, 11) is 0. The van der Waals surface area contributed by atoms with Crippen molar-refractivity contribution in [3.8, 4) is 5.75 Å².